The minimum atomic E-state index is 0.0430. The van der Waals surface area contributed by atoms with Gasteiger partial charge in [0.15, 0.2) is 5.90 Å². The molecule has 2 nitrogen and oxygen atoms in total. The fourth-order valence-corrected chi connectivity index (χ4v) is 2.54. The number of rotatable bonds is 3. The highest BCUT2D eigenvalue weighted by molar-refractivity contribution is 5.75. The third-order valence-electron chi connectivity index (χ3n) is 3.41. The summed E-state index contributed by atoms with van der Waals surface area (Å²) in [7, 11) is 0. The molecule has 2 unspecified atom stereocenters. The molecule has 0 saturated heterocycles. The molecule has 2 heteroatoms. The van der Waals surface area contributed by atoms with E-state index in [0.29, 0.717) is 0 Å². The quantitative estimate of drug-likeness (QED) is 0.813. The van der Waals surface area contributed by atoms with Gasteiger partial charge in [-0.1, -0.05) is 60.7 Å². The molecule has 0 saturated carbocycles. The first-order valence-corrected chi connectivity index (χ1v) is 6.63. The third-order valence-corrected chi connectivity index (χ3v) is 3.41. The summed E-state index contributed by atoms with van der Waals surface area (Å²) in [5.41, 5.74) is 2.50. The van der Waals surface area contributed by atoms with Gasteiger partial charge in [0.2, 0.25) is 0 Å². The van der Waals surface area contributed by atoms with Gasteiger partial charge < -0.3 is 4.74 Å². The maximum absolute atomic E-state index is 5.88. The maximum atomic E-state index is 5.88. The smallest absolute Gasteiger partial charge is 0.181 e. The van der Waals surface area contributed by atoms with Crippen LogP contribution in [0, 0.1) is 0 Å². The second-order valence-corrected chi connectivity index (χ2v) is 4.85. The number of hydrogen-bond donors (Lipinski definition) is 0. The molecule has 0 aromatic heterocycles. The lowest BCUT2D eigenvalue weighted by atomic mass is 9.97. The predicted octanol–water partition coefficient (Wildman–Crippen LogP) is 3.79. The van der Waals surface area contributed by atoms with Crippen LogP contribution in [0.2, 0.25) is 0 Å². The molecule has 0 spiro atoms. The Morgan fingerprint density at radius 1 is 0.947 bits per heavy atom. The summed E-state index contributed by atoms with van der Waals surface area (Å²) in [6, 6.07) is 21.0. The van der Waals surface area contributed by atoms with E-state index in [-0.39, 0.29) is 12.1 Å². The lowest BCUT2D eigenvalue weighted by Gasteiger charge is -2.18. The van der Waals surface area contributed by atoms with Crippen molar-refractivity contribution >= 4 is 5.90 Å². The van der Waals surface area contributed by atoms with Crippen LogP contribution >= 0.6 is 0 Å². The molecule has 1 aliphatic rings. The maximum Gasteiger partial charge on any atom is 0.181 e. The highest BCUT2D eigenvalue weighted by Gasteiger charge is 2.30. The van der Waals surface area contributed by atoms with E-state index in [9.17, 15) is 0 Å². The monoisotopic (exact) mass is 251 g/mol. The molecule has 0 amide bonds. The molecule has 0 radical (unpaired) electrons. The zero-order valence-electron chi connectivity index (χ0n) is 11.0. The summed E-state index contributed by atoms with van der Waals surface area (Å²) < 4.78 is 5.88. The first kappa shape index (κ1) is 12.0. The second kappa shape index (κ2) is 5.27. The van der Waals surface area contributed by atoms with Crippen LogP contribution in [0.25, 0.3) is 0 Å². The highest BCUT2D eigenvalue weighted by Crippen LogP contribution is 2.31. The van der Waals surface area contributed by atoms with Crippen LogP contribution in [-0.4, -0.2) is 11.9 Å². The van der Waals surface area contributed by atoms with E-state index in [2.05, 4.69) is 41.4 Å². The number of hydrogen-bond acceptors (Lipinski definition) is 2. The third kappa shape index (κ3) is 2.68. The van der Waals surface area contributed by atoms with Gasteiger partial charge in [-0.3, -0.25) is 0 Å². The van der Waals surface area contributed by atoms with Crippen molar-refractivity contribution < 1.29 is 4.74 Å². The van der Waals surface area contributed by atoms with Crippen LogP contribution in [0.1, 0.15) is 24.2 Å². The van der Waals surface area contributed by atoms with Crippen LogP contribution < -0.4 is 0 Å². The van der Waals surface area contributed by atoms with E-state index in [1.165, 1.54) is 11.1 Å². The molecule has 0 bridgehead atoms. The Morgan fingerprint density at radius 2 is 1.58 bits per heavy atom. The Bertz CT molecular complexity index is 562. The van der Waals surface area contributed by atoms with Gasteiger partial charge in [0.25, 0.3) is 0 Å². The Labute approximate surface area is 113 Å². The van der Waals surface area contributed by atoms with Gasteiger partial charge in [-0.15, -0.1) is 0 Å². The van der Waals surface area contributed by atoms with Crippen molar-refractivity contribution in [2.75, 3.05) is 0 Å². The van der Waals surface area contributed by atoms with E-state index < -0.39 is 0 Å². The molecule has 2 atom stereocenters. The van der Waals surface area contributed by atoms with E-state index in [1.807, 2.05) is 31.2 Å². The lowest BCUT2D eigenvalue weighted by molar-refractivity contribution is 0.193. The molecule has 19 heavy (non-hydrogen) atoms. The molecule has 0 N–H and O–H groups in total. The Balaban J connectivity index is 1.82. The molecule has 1 heterocycles. The molecule has 2 aromatic carbocycles. The Kier molecular flexibility index (Phi) is 3.32. The Morgan fingerprint density at radius 3 is 2.26 bits per heavy atom. The summed E-state index contributed by atoms with van der Waals surface area (Å²) in [5.74, 6) is 0.787. The minimum absolute atomic E-state index is 0.0430. The van der Waals surface area contributed by atoms with Gasteiger partial charge in [-0.2, -0.15) is 0 Å². The van der Waals surface area contributed by atoms with Crippen molar-refractivity contribution in [3.63, 3.8) is 0 Å². The van der Waals surface area contributed by atoms with Crippen molar-refractivity contribution in [3.05, 3.63) is 71.8 Å². The van der Waals surface area contributed by atoms with Crippen LogP contribution in [-0.2, 0) is 11.2 Å². The largest absolute Gasteiger partial charge is 0.471 e. The minimum Gasteiger partial charge on any atom is -0.471 e. The highest BCUT2D eigenvalue weighted by atomic mass is 16.5. The van der Waals surface area contributed by atoms with Crippen molar-refractivity contribution in [3.8, 4) is 0 Å². The van der Waals surface area contributed by atoms with Gasteiger partial charge in [-0.05, 0) is 17.5 Å². The van der Waals surface area contributed by atoms with Crippen LogP contribution in [0.4, 0.5) is 0 Å². The average Bonchev–Trinajstić information content (AvgIpc) is 2.82. The van der Waals surface area contributed by atoms with E-state index in [4.69, 9.17) is 4.74 Å². The van der Waals surface area contributed by atoms with Crippen molar-refractivity contribution in [1.29, 1.82) is 0 Å². The topological polar surface area (TPSA) is 21.6 Å². The number of aliphatic imine (C=N–C) groups is 1. The van der Waals surface area contributed by atoms with Gasteiger partial charge in [0.1, 0.15) is 6.10 Å². The fourth-order valence-electron chi connectivity index (χ4n) is 2.54. The number of benzene rings is 2. The van der Waals surface area contributed by atoms with E-state index >= 15 is 0 Å². The lowest BCUT2D eigenvalue weighted by Crippen LogP contribution is -2.16. The molecular formula is C17H17NO. The summed E-state index contributed by atoms with van der Waals surface area (Å²) >= 11 is 0. The van der Waals surface area contributed by atoms with Gasteiger partial charge in [-0.25, -0.2) is 4.99 Å². The Hall–Kier alpha value is -2.09. The molecule has 1 aliphatic heterocycles. The van der Waals surface area contributed by atoms with E-state index in [1.54, 1.807) is 0 Å². The fraction of sp³-hybridized carbons (Fsp3) is 0.235. The SMILES string of the molecule is CC1=NC(Cc2ccccc2)C(c2ccccc2)O1. The summed E-state index contributed by atoms with van der Waals surface area (Å²) in [6.45, 7) is 1.93. The zero-order chi connectivity index (χ0) is 13.1. The van der Waals surface area contributed by atoms with Crippen molar-refractivity contribution in [2.45, 2.75) is 25.5 Å². The molecule has 0 fully saturated rings. The van der Waals surface area contributed by atoms with E-state index in [0.717, 1.165) is 12.3 Å². The summed E-state index contributed by atoms with van der Waals surface area (Å²) in [6.07, 6.45) is 0.957. The second-order valence-electron chi connectivity index (χ2n) is 4.85. The van der Waals surface area contributed by atoms with Crippen LogP contribution in [0.5, 0.6) is 0 Å². The average molecular weight is 251 g/mol. The number of nitrogens with zero attached hydrogens (tertiary/aromatic N) is 1. The summed E-state index contributed by atoms with van der Waals surface area (Å²) in [4.78, 5) is 4.64. The summed E-state index contributed by atoms with van der Waals surface area (Å²) in [5, 5.41) is 0. The van der Waals surface area contributed by atoms with Crippen LogP contribution in [0.15, 0.2) is 65.7 Å². The van der Waals surface area contributed by atoms with Gasteiger partial charge in [0.05, 0.1) is 6.04 Å². The first-order chi connectivity index (χ1) is 9.33. The molecule has 3 rings (SSSR count). The zero-order valence-corrected chi connectivity index (χ0v) is 11.0. The van der Waals surface area contributed by atoms with Crippen molar-refractivity contribution in [1.82, 2.24) is 0 Å². The van der Waals surface area contributed by atoms with Crippen LogP contribution in [0.3, 0.4) is 0 Å². The standard InChI is InChI=1S/C17H17NO/c1-13-18-16(12-14-8-4-2-5-9-14)17(19-13)15-10-6-3-7-11-15/h2-11,16-17H,12H2,1H3. The predicted molar refractivity (Wildman–Crippen MR) is 77.3 cm³/mol. The number of ether oxygens (including phenoxy) is 1. The van der Waals surface area contributed by atoms with Gasteiger partial charge in [0, 0.05) is 6.92 Å². The van der Waals surface area contributed by atoms with Crippen molar-refractivity contribution in [2.24, 2.45) is 4.99 Å². The molecule has 96 valence electrons. The molecule has 0 aliphatic carbocycles. The molecule has 2 aromatic rings. The molecular weight excluding hydrogens is 234 g/mol. The first-order valence-electron chi connectivity index (χ1n) is 6.63. The normalized spacial score (nSPS) is 21.8. The van der Waals surface area contributed by atoms with Gasteiger partial charge >= 0.3 is 0 Å².